The summed E-state index contributed by atoms with van der Waals surface area (Å²) in [6.45, 7) is 0.0230. The van der Waals surface area contributed by atoms with Gasteiger partial charge in [-0.05, 0) is 34.1 Å². The molecule has 0 aromatic heterocycles. The summed E-state index contributed by atoms with van der Waals surface area (Å²) in [4.78, 5) is 13.2. The van der Waals surface area contributed by atoms with E-state index in [2.05, 4.69) is 15.9 Å². The lowest BCUT2D eigenvalue weighted by Gasteiger charge is -2.17. The molecule has 5 nitrogen and oxygen atoms in total. The second-order valence-electron chi connectivity index (χ2n) is 4.08. The molecule has 0 bridgehead atoms. The van der Waals surface area contributed by atoms with Crippen LogP contribution < -0.4 is 4.90 Å². The molecule has 0 N–H and O–H groups in total. The minimum Gasteiger partial charge on any atom is -0.310 e. The van der Waals surface area contributed by atoms with Crippen LogP contribution in [0.25, 0.3) is 0 Å². The second-order valence-corrected chi connectivity index (χ2v) is 7.85. The largest absolute Gasteiger partial charge is 0.310 e. The zero-order valence-corrected chi connectivity index (χ0v) is 12.7. The molecule has 100 valence electrons. The Bertz CT molecular complexity index is 684. The maximum absolute atomic E-state index is 11.9. The summed E-state index contributed by atoms with van der Waals surface area (Å²) in [5.74, 6) is -0.306. The fraction of sp³-hybridized carbons (Fsp3) is 0.273. The van der Waals surface area contributed by atoms with Gasteiger partial charge in [-0.3, -0.25) is 4.79 Å². The van der Waals surface area contributed by atoms with Crippen molar-refractivity contribution in [2.45, 2.75) is 11.7 Å². The first-order valence-electron chi connectivity index (χ1n) is 5.26. The van der Waals surface area contributed by atoms with Crippen LogP contribution >= 0.6 is 26.6 Å². The van der Waals surface area contributed by atoms with Gasteiger partial charge in [0.25, 0.3) is 0 Å². The Morgan fingerprint density at radius 2 is 2.16 bits per heavy atom. The monoisotopic (exact) mass is 362 g/mol. The van der Waals surface area contributed by atoms with E-state index in [0.29, 0.717) is 15.7 Å². The molecule has 1 saturated heterocycles. The Morgan fingerprint density at radius 1 is 1.47 bits per heavy atom. The number of halogens is 2. The first-order valence-corrected chi connectivity index (χ1v) is 8.43. The molecule has 1 aromatic rings. The third kappa shape index (κ3) is 2.91. The molecule has 0 spiro atoms. The van der Waals surface area contributed by atoms with Crippen molar-refractivity contribution >= 4 is 47.3 Å². The SMILES string of the molecule is N#Cc1ccc(N2CC(S(=O)(=O)Cl)CC2=O)c(Br)c1. The fourth-order valence-corrected chi connectivity index (χ4v) is 3.51. The van der Waals surface area contributed by atoms with Gasteiger partial charge in [-0.15, -0.1) is 0 Å². The third-order valence-corrected chi connectivity index (χ3v) is 5.36. The van der Waals surface area contributed by atoms with E-state index in [1.165, 1.54) is 4.90 Å². The lowest BCUT2D eigenvalue weighted by atomic mass is 10.2. The van der Waals surface area contributed by atoms with Crippen LogP contribution in [-0.4, -0.2) is 26.1 Å². The van der Waals surface area contributed by atoms with Gasteiger partial charge in [0.1, 0.15) is 5.25 Å². The Morgan fingerprint density at radius 3 is 2.63 bits per heavy atom. The standard InChI is InChI=1S/C11H8BrClN2O3S/c12-9-3-7(5-14)1-2-10(9)15-6-8(4-11(15)16)19(13,17)18/h1-3,8H,4,6H2. The molecule has 0 saturated carbocycles. The van der Waals surface area contributed by atoms with Crippen molar-refractivity contribution in [2.75, 3.05) is 11.4 Å². The van der Waals surface area contributed by atoms with E-state index >= 15 is 0 Å². The lowest BCUT2D eigenvalue weighted by molar-refractivity contribution is -0.117. The summed E-state index contributed by atoms with van der Waals surface area (Å²) in [5.41, 5.74) is 0.982. The van der Waals surface area contributed by atoms with Gasteiger partial charge in [0.2, 0.25) is 15.0 Å². The minimum atomic E-state index is -3.76. The van der Waals surface area contributed by atoms with E-state index < -0.39 is 14.3 Å². The van der Waals surface area contributed by atoms with E-state index in [9.17, 15) is 13.2 Å². The van der Waals surface area contributed by atoms with Crippen molar-refractivity contribution in [2.24, 2.45) is 0 Å². The Balaban J connectivity index is 2.34. The number of nitrogens with zero attached hydrogens (tertiary/aromatic N) is 2. The van der Waals surface area contributed by atoms with Gasteiger partial charge in [0, 0.05) is 28.1 Å². The summed E-state index contributed by atoms with van der Waals surface area (Å²) in [6.07, 6.45) is -0.127. The Hall–Kier alpha value is -1.10. The van der Waals surface area contributed by atoms with Crippen molar-refractivity contribution in [1.82, 2.24) is 0 Å². The van der Waals surface area contributed by atoms with E-state index in [1.54, 1.807) is 18.2 Å². The van der Waals surface area contributed by atoms with Crippen LogP contribution in [0.2, 0.25) is 0 Å². The molecule has 1 aliphatic rings. The van der Waals surface area contributed by atoms with Gasteiger partial charge in [-0.1, -0.05) is 0 Å². The maximum Gasteiger partial charge on any atom is 0.237 e. The molecule has 0 radical (unpaired) electrons. The van der Waals surface area contributed by atoms with Crippen LogP contribution in [0.4, 0.5) is 5.69 Å². The van der Waals surface area contributed by atoms with Crippen LogP contribution in [-0.2, 0) is 13.8 Å². The minimum absolute atomic E-state index is 0.0230. The second kappa shape index (κ2) is 5.12. The van der Waals surface area contributed by atoms with Crippen LogP contribution in [0, 0.1) is 11.3 Å². The average molecular weight is 364 g/mol. The zero-order chi connectivity index (χ0) is 14.2. The lowest BCUT2D eigenvalue weighted by Crippen LogP contribution is -2.27. The Kier molecular flexibility index (Phi) is 3.85. The zero-order valence-electron chi connectivity index (χ0n) is 9.51. The van der Waals surface area contributed by atoms with Crippen molar-refractivity contribution in [3.8, 4) is 6.07 Å². The van der Waals surface area contributed by atoms with Crippen LogP contribution in [0.1, 0.15) is 12.0 Å². The maximum atomic E-state index is 11.9. The van der Waals surface area contributed by atoms with E-state index in [-0.39, 0.29) is 18.9 Å². The number of hydrogen-bond acceptors (Lipinski definition) is 4. The number of carbonyl (C=O) groups is 1. The van der Waals surface area contributed by atoms with Crippen molar-refractivity contribution in [3.63, 3.8) is 0 Å². The average Bonchev–Trinajstić information content (AvgIpc) is 2.71. The summed E-state index contributed by atoms with van der Waals surface area (Å²) in [6, 6.07) is 6.72. The molecule has 1 fully saturated rings. The number of benzene rings is 1. The van der Waals surface area contributed by atoms with E-state index in [4.69, 9.17) is 15.9 Å². The predicted octanol–water partition coefficient (Wildman–Crippen LogP) is 1.99. The van der Waals surface area contributed by atoms with Crippen molar-refractivity contribution in [1.29, 1.82) is 5.26 Å². The van der Waals surface area contributed by atoms with E-state index in [0.717, 1.165) is 0 Å². The Labute approximate surface area is 123 Å². The van der Waals surface area contributed by atoms with Gasteiger partial charge < -0.3 is 4.90 Å². The molecule has 8 heteroatoms. The molecule has 0 aliphatic carbocycles. The number of anilines is 1. The van der Waals surface area contributed by atoms with Gasteiger partial charge in [0.05, 0.1) is 17.3 Å². The molecule has 1 unspecified atom stereocenters. The summed E-state index contributed by atoms with van der Waals surface area (Å²) in [5, 5.41) is 7.87. The fourth-order valence-electron chi connectivity index (χ4n) is 1.89. The third-order valence-electron chi connectivity index (χ3n) is 2.86. The van der Waals surface area contributed by atoms with Crippen molar-refractivity contribution < 1.29 is 13.2 Å². The van der Waals surface area contributed by atoms with Crippen LogP contribution in [0.15, 0.2) is 22.7 Å². The summed E-state index contributed by atoms with van der Waals surface area (Å²) < 4.78 is 23.1. The van der Waals surface area contributed by atoms with Crippen LogP contribution in [0.3, 0.4) is 0 Å². The molecule has 1 heterocycles. The quantitative estimate of drug-likeness (QED) is 0.753. The summed E-state index contributed by atoms with van der Waals surface area (Å²) >= 11 is 3.27. The predicted molar refractivity (Wildman–Crippen MR) is 74.4 cm³/mol. The molecular weight excluding hydrogens is 356 g/mol. The van der Waals surface area contributed by atoms with Crippen molar-refractivity contribution in [3.05, 3.63) is 28.2 Å². The van der Waals surface area contributed by atoms with Gasteiger partial charge in [-0.25, -0.2) is 8.42 Å². The number of hydrogen-bond donors (Lipinski definition) is 0. The number of rotatable bonds is 2. The van der Waals surface area contributed by atoms with E-state index in [1.807, 2.05) is 6.07 Å². The summed E-state index contributed by atoms with van der Waals surface area (Å²) in [7, 11) is 1.52. The number of nitriles is 1. The smallest absolute Gasteiger partial charge is 0.237 e. The topological polar surface area (TPSA) is 78.2 Å². The first-order chi connectivity index (χ1) is 8.82. The highest BCUT2D eigenvalue weighted by molar-refractivity contribution is 9.10. The van der Waals surface area contributed by atoms with Gasteiger partial charge >= 0.3 is 0 Å². The first kappa shape index (κ1) is 14.3. The number of amides is 1. The molecule has 1 aliphatic heterocycles. The molecule has 19 heavy (non-hydrogen) atoms. The molecule has 1 atom stereocenters. The van der Waals surface area contributed by atoms with Crippen LogP contribution in [0.5, 0.6) is 0 Å². The highest BCUT2D eigenvalue weighted by atomic mass is 79.9. The molecule has 1 amide bonds. The van der Waals surface area contributed by atoms with Gasteiger partial charge in [-0.2, -0.15) is 5.26 Å². The normalized spacial score (nSPS) is 19.5. The highest BCUT2D eigenvalue weighted by Gasteiger charge is 2.38. The highest BCUT2D eigenvalue weighted by Crippen LogP contribution is 2.32. The molecular formula is C11H8BrClN2O3S. The molecule has 2 rings (SSSR count). The number of carbonyl (C=O) groups excluding carboxylic acids is 1. The molecule has 1 aromatic carbocycles. The van der Waals surface area contributed by atoms with Gasteiger partial charge in [0.15, 0.2) is 0 Å².